The quantitative estimate of drug-likeness (QED) is 0.687. The summed E-state index contributed by atoms with van der Waals surface area (Å²) in [6.07, 6.45) is 3.17. The highest BCUT2D eigenvalue weighted by molar-refractivity contribution is 5.85. The van der Waals surface area contributed by atoms with E-state index >= 15 is 0 Å². The lowest BCUT2D eigenvalue weighted by Crippen LogP contribution is -2.27. The maximum absolute atomic E-state index is 9.49. The third-order valence-corrected chi connectivity index (χ3v) is 4.92. The molecule has 4 rings (SSSR count). The average Bonchev–Trinajstić information content (AvgIpc) is 2.99. The van der Waals surface area contributed by atoms with Crippen LogP contribution in [0.5, 0.6) is 5.75 Å². The zero-order chi connectivity index (χ0) is 16.5. The molecule has 4 nitrogen and oxygen atoms in total. The highest BCUT2D eigenvalue weighted by Crippen LogP contribution is 2.31. The third-order valence-electron chi connectivity index (χ3n) is 4.92. The minimum atomic E-state index is -0.0179. The van der Waals surface area contributed by atoms with Crippen molar-refractivity contribution >= 4 is 16.6 Å². The number of aliphatic hydroxyl groups is 1. The van der Waals surface area contributed by atoms with Gasteiger partial charge in [-0.15, -0.1) is 0 Å². The number of para-hydroxylation sites is 1. The van der Waals surface area contributed by atoms with Gasteiger partial charge in [-0.25, -0.2) is 0 Å². The largest absolute Gasteiger partial charge is 0.496 e. The van der Waals surface area contributed by atoms with Crippen molar-refractivity contribution in [1.82, 2.24) is 4.98 Å². The summed E-state index contributed by atoms with van der Waals surface area (Å²) in [6, 6.07) is 14.8. The number of aryl methyl sites for hydroxylation is 1. The van der Waals surface area contributed by atoms with Crippen molar-refractivity contribution in [3.05, 3.63) is 59.3 Å². The van der Waals surface area contributed by atoms with Gasteiger partial charge in [-0.2, -0.15) is 0 Å². The molecular formula is C20H22N2O2. The summed E-state index contributed by atoms with van der Waals surface area (Å²) in [7, 11) is 1.63. The van der Waals surface area contributed by atoms with Gasteiger partial charge in [0.05, 0.1) is 13.7 Å². The summed E-state index contributed by atoms with van der Waals surface area (Å²) >= 11 is 0. The number of H-pyrrole nitrogens is 1. The van der Waals surface area contributed by atoms with Crippen LogP contribution in [0.25, 0.3) is 10.9 Å². The van der Waals surface area contributed by atoms with Crippen molar-refractivity contribution in [2.75, 3.05) is 12.4 Å². The number of hydrogen-bond acceptors (Lipinski definition) is 3. The van der Waals surface area contributed by atoms with Gasteiger partial charge in [0.25, 0.3) is 0 Å². The molecule has 0 amide bonds. The number of anilines is 1. The zero-order valence-corrected chi connectivity index (χ0v) is 13.8. The predicted octanol–water partition coefficient (Wildman–Crippen LogP) is 3.64. The standard InChI is InChI=1S/C20H22N2O2/c1-24-20-9-7-14(10-13(20)12-23)21-15-6-8-19-17(11-15)16-4-2-3-5-18(16)22-19/h2-5,7,9-10,15,21-23H,6,8,11-12H2,1H3. The average molecular weight is 322 g/mol. The third kappa shape index (κ3) is 2.63. The molecule has 0 aliphatic heterocycles. The van der Waals surface area contributed by atoms with Crippen molar-refractivity contribution in [3.63, 3.8) is 0 Å². The number of rotatable bonds is 4. The first-order valence-electron chi connectivity index (χ1n) is 8.41. The second kappa shape index (κ2) is 6.21. The first-order chi connectivity index (χ1) is 11.8. The van der Waals surface area contributed by atoms with E-state index in [2.05, 4.69) is 34.6 Å². The Morgan fingerprint density at radius 1 is 1.25 bits per heavy atom. The van der Waals surface area contributed by atoms with Gasteiger partial charge in [0, 0.05) is 33.9 Å². The van der Waals surface area contributed by atoms with Crippen LogP contribution in [0, 0.1) is 0 Å². The van der Waals surface area contributed by atoms with E-state index in [4.69, 9.17) is 4.74 Å². The topological polar surface area (TPSA) is 57.3 Å². The second-order valence-electron chi connectivity index (χ2n) is 6.40. The molecule has 0 saturated heterocycles. The SMILES string of the molecule is COc1ccc(NC2CCc3[nH]c4ccccc4c3C2)cc1CO. The number of methoxy groups -OCH3 is 1. The lowest BCUT2D eigenvalue weighted by Gasteiger charge is -2.25. The van der Waals surface area contributed by atoms with Crippen LogP contribution in [0.1, 0.15) is 23.2 Å². The molecule has 0 fully saturated rings. The van der Waals surface area contributed by atoms with Gasteiger partial charge in [0.15, 0.2) is 0 Å². The monoisotopic (exact) mass is 322 g/mol. The lowest BCUT2D eigenvalue weighted by molar-refractivity contribution is 0.274. The summed E-state index contributed by atoms with van der Waals surface area (Å²) in [5.74, 6) is 0.727. The van der Waals surface area contributed by atoms with E-state index in [1.54, 1.807) is 7.11 Å². The van der Waals surface area contributed by atoms with Crippen LogP contribution in [0.4, 0.5) is 5.69 Å². The van der Waals surface area contributed by atoms with Crippen LogP contribution in [-0.4, -0.2) is 23.2 Å². The molecule has 4 heteroatoms. The number of nitrogens with one attached hydrogen (secondary N) is 2. The predicted molar refractivity (Wildman–Crippen MR) is 96.7 cm³/mol. The van der Waals surface area contributed by atoms with E-state index in [0.717, 1.165) is 36.3 Å². The molecule has 124 valence electrons. The Kier molecular flexibility index (Phi) is 3.90. The van der Waals surface area contributed by atoms with Crippen LogP contribution in [0.2, 0.25) is 0 Å². The summed E-state index contributed by atoms with van der Waals surface area (Å²) in [5, 5.41) is 14.4. The van der Waals surface area contributed by atoms with Gasteiger partial charge in [0.1, 0.15) is 5.75 Å². The van der Waals surface area contributed by atoms with Crippen molar-refractivity contribution in [2.24, 2.45) is 0 Å². The first kappa shape index (κ1) is 15.1. The Hall–Kier alpha value is -2.46. The Morgan fingerprint density at radius 2 is 2.12 bits per heavy atom. The van der Waals surface area contributed by atoms with Gasteiger partial charge in [-0.3, -0.25) is 0 Å². The fourth-order valence-corrected chi connectivity index (χ4v) is 3.72. The minimum Gasteiger partial charge on any atom is -0.496 e. The molecule has 3 aromatic rings. The number of hydrogen-bond donors (Lipinski definition) is 3. The molecule has 0 saturated carbocycles. The molecule has 2 aromatic carbocycles. The highest BCUT2D eigenvalue weighted by Gasteiger charge is 2.22. The fraction of sp³-hybridized carbons (Fsp3) is 0.300. The van der Waals surface area contributed by atoms with E-state index in [-0.39, 0.29) is 6.61 Å². The van der Waals surface area contributed by atoms with E-state index < -0.39 is 0 Å². The van der Waals surface area contributed by atoms with Crippen molar-refractivity contribution in [2.45, 2.75) is 31.9 Å². The van der Waals surface area contributed by atoms with Crippen molar-refractivity contribution in [1.29, 1.82) is 0 Å². The Balaban J connectivity index is 1.57. The van der Waals surface area contributed by atoms with Crippen molar-refractivity contribution < 1.29 is 9.84 Å². The smallest absolute Gasteiger partial charge is 0.124 e. The van der Waals surface area contributed by atoms with Crippen molar-refractivity contribution in [3.8, 4) is 5.75 Å². The summed E-state index contributed by atoms with van der Waals surface area (Å²) < 4.78 is 5.27. The maximum atomic E-state index is 9.49. The van der Waals surface area contributed by atoms with Gasteiger partial charge in [-0.05, 0) is 49.1 Å². The molecule has 0 bridgehead atoms. The van der Waals surface area contributed by atoms with E-state index in [1.807, 2.05) is 18.2 Å². The molecule has 1 aliphatic carbocycles. The minimum absolute atomic E-state index is 0.0179. The van der Waals surface area contributed by atoms with Gasteiger partial charge < -0.3 is 20.1 Å². The number of ether oxygens (including phenoxy) is 1. The summed E-state index contributed by atoms with van der Waals surface area (Å²) in [4.78, 5) is 3.56. The lowest BCUT2D eigenvalue weighted by atomic mass is 9.91. The van der Waals surface area contributed by atoms with Gasteiger partial charge >= 0.3 is 0 Å². The van der Waals surface area contributed by atoms with E-state index in [1.165, 1.54) is 22.2 Å². The van der Waals surface area contributed by atoms with Gasteiger partial charge in [-0.1, -0.05) is 18.2 Å². The summed E-state index contributed by atoms with van der Waals surface area (Å²) in [6.45, 7) is -0.0179. The molecule has 3 N–H and O–H groups in total. The van der Waals surface area contributed by atoms with Gasteiger partial charge in [0.2, 0.25) is 0 Å². The summed E-state index contributed by atoms with van der Waals surface area (Å²) in [5.41, 5.74) is 5.89. The highest BCUT2D eigenvalue weighted by atomic mass is 16.5. The Bertz CT molecular complexity index is 869. The molecule has 24 heavy (non-hydrogen) atoms. The van der Waals surface area contributed by atoms with Crippen LogP contribution in [-0.2, 0) is 19.4 Å². The molecule has 1 atom stereocenters. The normalized spacial score (nSPS) is 16.8. The Labute approximate surface area is 141 Å². The molecule has 1 aromatic heterocycles. The zero-order valence-electron chi connectivity index (χ0n) is 13.8. The van der Waals surface area contributed by atoms with E-state index in [0.29, 0.717) is 6.04 Å². The number of aromatic amines is 1. The molecule has 1 aliphatic rings. The van der Waals surface area contributed by atoms with Crippen LogP contribution >= 0.6 is 0 Å². The van der Waals surface area contributed by atoms with E-state index in [9.17, 15) is 5.11 Å². The number of aromatic nitrogens is 1. The molecule has 0 radical (unpaired) electrons. The number of benzene rings is 2. The van der Waals surface area contributed by atoms with Crippen LogP contribution < -0.4 is 10.1 Å². The second-order valence-corrected chi connectivity index (χ2v) is 6.40. The fourth-order valence-electron chi connectivity index (χ4n) is 3.72. The first-order valence-corrected chi connectivity index (χ1v) is 8.41. The molecule has 1 heterocycles. The molecule has 1 unspecified atom stereocenters. The molecular weight excluding hydrogens is 300 g/mol. The maximum Gasteiger partial charge on any atom is 0.124 e. The number of aliphatic hydroxyl groups excluding tert-OH is 1. The Morgan fingerprint density at radius 3 is 2.96 bits per heavy atom. The number of fused-ring (bicyclic) bond motifs is 3. The molecule has 0 spiro atoms. The van der Waals surface area contributed by atoms with Crippen LogP contribution in [0.15, 0.2) is 42.5 Å². The van der Waals surface area contributed by atoms with Crippen LogP contribution in [0.3, 0.4) is 0 Å².